The molecule has 0 aromatic heterocycles. The van der Waals surface area contributed by atoms with Crippen molar-refractivity contribution in [2.45, 2.75) is 39.2 Å². The Balaban J connectivity index is 0.000000527. The number of likely N-dealkylation sites (tertiary alicyclic amines) is 1. The minimum Gasteiger partial charge on any atom is -0.473 e. The second kappa shape index (κ2) is 12.1. The fourth-order valence-corrected chi connectivity index (χ4v) is 3.00. The number of carbonyl (C=O) groups is 3. The molecule has 0 aliphatic carbocycles. The zero-order valence-electron chi connectivity index (χ0n) is 16.1. The average molecular weight is 378 g/mol. The van der Waals surface area contributed by atoms with Gasteiger partial charge in [-0.1, -0.05) is 43.7 Å². The molecule has 7 heteroatoms. The first-order chi connectivity index (χ1) is 12.8. The minimum absolute atomic E-state index is 0.235. The standard InChI is InChI=1S/C18H28N2O.C2H2O4/c1-3-4-12-19(2)18(21)17-10-13-20(14-11-17)15-16-8-6-5-7-9-16;3-1(4)2(5)6/h5-9,17H,3-4,10-15H2,1-2H3;(H,3,4)(H,5,6). The summed E-state index contributed by atoms with van der Waals surface area (Å²) in [6.07, 6.45) is 4.26. The van der Waals surface area contributed by atoms with Gasteiger partial charge in [-0.3, -0.25) is 9.69 Å². The number of piperidine rings is 1. The Labute approximate surface area is 160 Å². The lowest BCUT2D eigenvalue weighted by molar-refractivity contribution is -0.159. The third-order valence-electron chi connectivity index (χ3n) is 4.59. The first kappa shape index (κ1) is 22.6. The molecule has 1 aromatic rings. The molecule has 0 unspecified atom stereocenters. The van der Waals surface area contributed by atoms with Gasteiger partial charge in [-0.2, -0.15) is 0 Å². The first-order valence-electron chi connectivity index (χ1n) is 9.32. The maximum Gasteiger partial charge on any atom is 0.414 e. The Bertz CT molecular complexity index is 586. The maximum atomic E-state index is 12.4. The van der Waals surface area contributed by atoms with Crippen LogP contribution in [0.3, 0.4) is 0 Å². The summed E-state index contributed by atoms with van der Waals surface area (Å²) in [5, 5.41) is 14.8. The Hall–Kier alpha value is -2.41. The molecule has 1 saturated heterocycles. The lowest BCUT2D eigenvalue weighted by Gasteiger charge is -2.33. The van der Waals surface area contributed by atoms with E-state index in [2.05, 4.69) is 42.2 Å². The molecule has 27 heavy (non-hydrogen) atoms. The molecule has 7 nitrogen and oxygen atoms in total. The molecule has 1 amide bonds. The highest BCUT2D eigenvalue weighted by atomic mass is 16.4. The Morgan fingerprint density at radius 1 is 1.07 bits per heavy atom. The van der Waals surface area contributed by atoms with Crippen LogP contribution < -0.4 is 0 Å². The number of benzene rings is 1. The molecule has 150 valence electrons. The summed E-state index contributed by atoms with van der Waals surface area (Å²) >= 11 is 0. The molecule has 1 aliphatic rings. The molecule has 0 bridgehead atoms. The summed E-state index contributed by atoms with van der Waals surface area (Å²) in [5.41, 5.74) is 1.36. The predicted octanol–water partition coefficient (Wildman–Crippen LogP) is 2.31. The van der Waals surface area contributed by atoms with Gasteiger partial charge >= 0.3 is 11.9 Å². The monoisotopic (exact) mass is 378 g/mol. The summed E-state index contributed by atoms with van der Waals surface area (Å²) in [6.45, 7) is 6.15. The van der Waals surface area contributed by atoms with Gasteiger partial charge in [0.2, 0.25) is 5.91 Å². The van der Waals surface area contributed by atoms with Crippen molar-refractivity contribution in [3.05, 3.63) is 35.9 Å². The highest BCUT2D eigenvalue weighted by molar-refractivity contribution is 6.27. The molecule has 0 spiro atoms. The number of hydrogen-bond acceptors (Lipinski definition) is 4. The molecule has 1 heterocycles. The second-order valence-electron chi connectivity index (χ2n) is 6.76. The van der Waals surface area contributed by atoms with Crippen LogP contribution in [0.15, 0.2) is 30.3 Å². The third kappa shape index (κ3) is 8.68. The summed E-state index contributed by atoms with van der Waals surface area (Å²) in [5.74, 6) is -3.06. The largest absolute Gasteiger partial charge is 0.473 e. The molecule has 1 fully saturated rings. The average Bonchev–Trinajstić information content (AvgIpc) is 2.67. The van der Waals surface area contributed by atoms with E-state index in [0.717, 1.165) is 51.9 Å². The zero-order valence-corrected chi connectivity index (χ0v) is 16.1. The summed E-state index contributed by atoms with van der Waals surface area (Å²) < 4.78 is 0. The predicted molar refractivity (Wildman–Crippen MR) is 102 cm³/mol. The number of carbonyl (C=O) groups excluding carboxylic acids is 1. The summed E-state index contributed by atoms with van der Waals surface area (Å²) in [7, 11) is 1.95. The van der Waals surface area contributed by atoms with Gasteiger partial charge in [-0.05, 0) is 37.9 Å². The molecule has 0 atom stereocenters. The zero-order chi connectivity index (χ0) is 20.2. The van der Waals surface area contributed by atoms with E-state index < -0.39 is 11.9 Å². The summed E-state index contributed by atoms with van der Waals surface area (Å²) in [4.78, 5) is 35.0. The molecule has 2 rings (SSSR count). The van der Waals surface area contributed by atoms with E-state index in [9.17, 15) is 4.79 Å². The van der Waals surface area contributed by atoms with E-state index >= 15 is 0 Å². The number of amides is 1. The fraction of sp³-hybridized carbons (Fsp3) is 0.550. The van der Waals surface area contributed by atoms with Gasteiger partial charge in [0.25, 0.3) is 0 Å². The van der Waals surface area contributed by atoms with Gasteiger partial charge in [-0.25, -0.2) is 9.59 Å². The molecule has 1 aromatic carbocycles. The number of nitrogens with zero attached hydrogens (tertiary/aromatic N) is 2. The second-order valence-corrected chi connectivity index (χ2v) is 6.76. The van der Waals surface area contributed by atoms with Gasteiger partial charge in [0.1, 0.15) is 0 Å². The van der Waals surface area contributed by atoms with E-state index in [0.29, 0.717) is 5.91 Å². The molecular formula is C20H30N2O5. The van der Waals surface area contributed by atoms with Crippen molar-refractivity contribution in [1.82, 2.24) is 9.80 Å². The van der Waals surface area contributed by atoms with Crippen LogP contribution in [-0.2, 0) is 20.9 Å². The van der Waals surface area contributed by atoms with Crippen LogP contribution in [0.5, 0.6) is 0 Å². The molecule has 2 N–H and O–H groups in total. The van der Waals surface area contributed by atoms with Crippen LogP contribution in [0.25, 0.3) is 0 Å². The summed E-state index contributed by atoms with van der Waals surface area (Å²) in [6, 6.07) is 10.6. The molecule has 0 saturated carbocycles. The minimum atomic E-state index is -1.82. The van der Waals surface area contributed by atoms with Gasteiger partial charge in [0, 0.05) is 26.1 Å². The van der Waals surface area contributed by atoms with Crippen molar-refractivity contribution in [3.8, 4) is 0 Å². The lowest BCUT2D eigenvalue weighted by Crippen LogP contribution is -2.41. The molecule has 0 radical (unpaired) electrons. The highest BCUT2D eigenvalue weighted by Gasteiger charge is 2.26. The quantitative estimate of drug-likeness (QED) is 0.737. The van der Waals surface area contributed by atoms with Crippen LogP contribution in [0, 0.1) is 5.92 Å². The van der Waals surface area contributed by atoms with Crippen molar-refractivity contribution in [1.29, 1.82) is 0 Å². The van der Waals surface area contributed by atoms with Gasteiger partial charge in [0.15, 0.2) is 0 Å². The SMILES string of the molecule is CCCCN(C)C(=O)C1CCN(Cc2ccccc2)CC1.O=C(O)C(=O)O. The Morgan fingerprint density at radius 2 is 1.63 bits per heavy atom. The van der Waals surface area contributed by atoms with Crippen molar-refractivity contribution in [2.24, 2.45) is 5.92 Å². The molecular weight excluding hydrogens is 348 g/mol. The number of carboxylic acid groups (broad SMARTS) is 2. The topological polar surface area (TPSA) is 98.2 Å². The van der Waals surface area contributed by atoms with Crippen molar-refractivity contribution >= 4 is 17.8 Å². The van der Waals surface area contributed by atoms with Crippen LogP contribution in [-0.4, -0.2) is 64.5 Å². The lowest BCUT2D eigenvalue weighted by atomic mass is 9.95. The smallest absolute Gasteiger partial charge is 0.414 e. The highest BCUT2D eigenvalue weighted by Crippen LogP contribution is 2.21. The number of hydrogen-bond donors (Lipinski definition) is 2. The van der Waals surface area contributed by atoms with Crippen LogP contribution in [0.2, 0.25) is 0 Å². The number of carboxylic acids is 2. The normalized spacial score (nSPS) is 14.7. The van der Waals surface area contributed by atoms with Gasteiger partial charge in [0.05, 0.1) is 0 Å². The van der Waals surface area contributed by atoms with Crippen molar-refractivity contribution in [2.75, 3.05) is 26.7 Å². The van der Waals surface area contributed by atoms with Gasteiger partial charge in [-0.15, -0.1) is 0 Å². The van der Waals surface area contributed by atoms with Gasteiger partial charge < -0.3 is 15.1 Å². The van der Waals surface area contributed by atoms with Crippen LogP contribution in [0.4, 0.5) is 0 Å². The molecule has 1 aliphatic heterocycles. The van der Waals surface area contributed by atoms with Crippen molar-refractivity contribution in [3.63, 3.8) is 0 Å². The first-order valence-corrected chi connectivity index (χ1v) is 9.32. The Kier molecular flexibility index (Phi) is 10.1. The third-order valence-corrected chi connectivity index (χ3v) is 4.59. The van der Waals surface area contributed by atoms with E-state index in [1.165, 1.54) is 5.56 Å². The Morgan fingerprint density at radius 3 is 2.11 bits per heavy atom. The van der Waals surface area contributed by atoms with Crippen LogP contribution >= 0.6 is 0 Å². The van der Waals surface area contributed by atoms with E-state index in [-0.39, 0.29) is 5.92 Å². The van der Waals surface area contributed by atoms with Crippen molar-refractivity contribution < 1.29 is 24.6 Å². The van der Waals surface area contributed by atoms with E-state index in [1.807, 2.05) is 11.9 Å². The van der Waals surface area contributed by atoms with E-state index in [1.54, 1.807) is 0 Å². The maximum absolute atomic E-state index is 12.4. The number of rotatable bonds is 6. The van der Waals surface area contributed by atoms with E-state index in [4.69, 9.17) is 19.8 Å². The number of unbranched alkanes of at least 4 members (excludes halogenated alkanes) is 1. The van der Waals surface area contributed by atoms with Crippen LogP contribution in [0.1, 0.15) is 38.2 Å². The fourth-order valence-electron chi connectivity index (χ4n) is 3.00. The number of aliphatic carboxylic acids is 2.